The molecule has 0 amide bonds. The number of nitrogens with zero attached hydrogens (tertiary/aromatic N) is 1. The highest BCUT2D eigenvalue weighted by molar-refractivity contribution is 5.79. The number of ether oxygens (including phenoxy) is 4. The Hall–Kier alpha value is -6.07. The van der Waals surface area contributed by atoms with Gasteiger partial charge in [0.05, 0.1) is 37.2 Å². The lowest BCUT2D eigenvalue weighted by Crippen LogP contribution is -2.31. The van der Waals surface area contributed by atoms with Crippen LogP contribution in [0.3, 0.4) is 0 Å². The van der Waals surface area contributed by atoms with Crippen LogP contribution in [0.15, 0.2) is 152 Å². The smallest absolute Gasteiger partial charge is 0.193 e. The first kappa shape index (κ1) is 37.3. The molecule has 0 unspecified atom stereocenters. The van der Waals surface area contributed by atoms with Gasteiger partial charge in [-0.3, -0.25) is 14.5 Å². The van der Waals surface area contributed by atoms with Gasteiger partial charge in [-0.15, -0.1) is 0 Å². The Labute approximate surface area is 317 Å². The van der Waals surface area contributed by atoms with Gasteiger partial charge in [0.25, 0.3) is 0 Å². The number of halogens is 1. The van der Waals surface area contributed by atoms with Crippen LogP contribution in [-0.4, -0.2) is 57.6 Å². The molecule has 9 nitrogen and oxygen atoms in total. The minimum Gasteiger partial charge on any atom is -0.491 e. The van der Waals surface area contributed by atoms with Crippen LogP contribution >= 0.6 is 0 Å². The quantitative estimate of drug-likeness (QED) is 0.0804. The number of benzene rings is 5. The molecular weight excluding hydrogens is 701 g/mol. The molecule has 2 heterocycles. The monoisotopic (exact) mass is 741 g/mol. The third kappa shape index (κ3) is 10.1. The van der Waals surface area contributed by atoms with Crippen LogP contribution in [0.5, 0.6) is 11.5 Å². The van der Waals surface area contributed by atoms with Gasteiger partial charge in [0.15, 0.2) is 10.9 Å². The van der Waals surface area contributed by atoms with E-state index in [9.17, 15) is 14.0 Å². The molecule has 0 radical (unpaired) electrons. The molecule has 7 rings (SSSR count). The first-order valence-corrected chi connectivity index (χ1v) is 18.1. The molecule has 0 aliphatic rings. The van der Waals surface area contributed by atoms with Gasteiger partial charge in [-0.05, 0) is 90.5 Å². The Morgan fingerprint density at radius 2 is 0.964 bits per heavy atom. The summed E-state index contributed by atoms with van der Waals surface area (Å²) in [5.74, 6) is 2.10. The first-order valence-electron chi connectivity index (χ1n) is 18.1. The second-order valence-electron chi connectivity index (χ2n) is 12.8. The largest absolute Gasteiger partial charge is 0.491 e. The molecule has 7 aromatic rings. The summed E-state index contributed by atoms with van der Waals surface area (Å²) in [5.41, 5.74) is 3.49. The first-order chi connectivity index (χ1) is 27.0. The van der Waals surface area contributed by atoms with Crippen molar-refractivity contribution in [3.8, 4) is 34.1 Å². The summed E-state index contributed by atoms with van der Waals surface area (Å²) >= 11 is 0. The number of hydrogen-bond acceptors (Lipinski definition) is 9. The van der Waals surface area contributed by atoms with Gasteiger partial charge < -0.3 is 27.8 Å². The molecular formula is C45H40FNO8. The van der Waals surface area contributed by atoms with E-state index < -0.39 is 0 Å². The summed E-state index contributed by atoms with van der Waals surface area (Å²) in [6, 6.07) is 38.7. The van der Waals surface area contributed by atoms with Gasteiger partial charge in [0, 0.05) is 42.9 Å². The Balaban J connectivity index is 0.822. The fourth-order valence-electron chi connectivity index (χ4n) is 6.07. The van der Waals surface area contributed by atoms with Crippen LogP contribution in [0.25, 0.3) is 44.6 Å². The SMILES string of the molecule is O=c1cc(-c2ccc(OCCOCCN(CCOCCOc3ccc(-c4cc(=O)c5ccccc5o4)cc3)Cc3ccc(F)cc3)cc2)oc2ccccc12. The lowest BCUT2D eigenvalue weighted by atomic mass is 10.1. The molecule has 55 heavy (non-hydrogen) atoms. The highest BCUT2D eigenvalue weighted by Crippen LogP contribution is 2.26. The summed E-state index contributed by atoms with van der Waals surface area (Å²) in [4.78, 5) is 27.2. The molecule has 0 aliphatic carbocycles. The topological polar surface area (TPSA) is 101 Å². The second-order valence-corrected chi connectivity index (χ2v) is 12.8. The van der Waals surface area contributed by atoms with E-state index in [1.54, 1.807) is 36.4 Å². The zero-order valence-electron chi connectivity index (χ0n) is 30.2. The van der Waals surface area contributed by atoms with Gasteiger partial charge >= 0.3 is 0 Å². The maximum absolute atomic E-state index is 13.5. The zero-order chi connectivity index (χ0) is 37.8. The zero-order valence-corrected chi connectivity index (χ0v) is 30.2. The Morgan fingerprint density at radius 1 is 0.509 bits per heavy atom. The molecule has 0 bridgehead atoms. The van der Waals surface area contributed by atoms with Crippen molar-refractivity contribution in [3.05, 3.63) is 165 Å². The summed E-state index contributed by atoms with van der Waals surface area (Å²) in [6.07, 6.45) is 0. The van der Waals surface area contributed by atoms with Crippen molar-refractivity contribution in [1.82, 2.24) is 4.90 Å². The predicted molar refractivity (Wildman–Crippen MR) is 210 cm³/mol. The summed E-state index contributed by atoms with van der Waals surface area (Å²) in [5, 5.41) is 1.10. The third-order valence-electron chi connectivity index (χ3n) is 8.96. The summed E-state index contributed by atoms with van der Waals surface area (Å²) < 4.78 is 48.9. The molecule has 0 fully saturated rings. The standard InChI is InChI=1S/C45H40FNO8/c46-35-15-9-32(10-16-35)31-47(21-23-50-25-27-52-36-17-11-33(12-18-36)44-29-40(48)38-5-1-3-7-42(38)54-44)22-24-51-26-28-53-37-19-13-34(14-20-37)45-30-41(49)39-6-2-4-8-43(39)55-45/h1-20,29-30H,21-28,31H2. The van der Waals surface area contributed by atoms with Crippen molar-refractivity contribution in [2.75, 3.05) is 52.7 Å². The van der Waals surface area contributed by atoms with Crippen LogP contribution < -0.4 is 20.3 Å². The van der Waals surface area contributed by atoms with Crippen molar-refractivity contribution in [3.63, 3.8) is 0 Å². The number of fused-ring (bicyclic) bond motifs is 2. The van der Waals surface area contributed by atoms with E-state index in [2.05, 4.69) is 4.90 Å². The van der Waals surface area contributed by atoms with Crippen LogP contribution in [0, 0.1) is 5.82 Å². The van der Waals surface area contributed by atoms with Gasteiger partial charge in [-0.1, -0.05) is 36.4 Å². The van der Waals surface area contributed by atoms with Crippen LogP contribution in [0.2, 0.25) is 0 Å². The van der Waals surface area contributed by atoms with Crippen molar-refractivity contribution in [1.29, 1.82) is 0 Å². The van der Waals surface area contributed by atoms with E-state index in [1.807, 2.05) is 72.8 Å². The summed E-state index contributed by atoms with van der Waals surface area (Å²) in [6.45, 7) is 4.40. The number of rotatable bonds is 18. The molecule has 0 atom stereocenters. The Morgan fingerprint density at radius 3 is 1.44 bits per heavy atom. The maximum Gasteiger partial charge on any atom is 0.193 e. The minimum absolute atomic E-state index is 0.0837. The van der Waals surface area contributed by atoms with E-state index in [1.165, 1.54) is 24.3 Å². The van der Waals surface area contributed by atoms with E-state index in [0.29, 0.717) is 104 Å². The molecule has 0 N–H and O–H groups in total. The highest BCUT2D eigenvalue weighted by atomic mass is 19.1. The van der Waals surface area contributed by atoms with E-state index in [-0.39, 0.29) is 16.7 Å². The average Bonchev–Trinajstić information content (AvgIpc) is 3.21. The van der Waals surface area contributed by atoms with Gasteiger partial charge in [0.2, 0.25) is 0 Å². The van der Waals surface area contributed by atoms with Crippen LogP contribution in [0.4, 0.5) is 4.39 Å². The van der Waals surface area contributed by atoms with E-state index >= 15 is 0 Å². The maximum atomic E-state index is 13.5. The third-order valence-corrected chi connectivity index (χ3v) is 8.96. The van der Waals surface area contributed by atoms with Crippen molar-refractivity contribution >= 4 is 21.9 Å². The number of para-hydroxylation sites is 2. The van der Waals surface area contributed by atoms with E-state index in [4.69, 9.17) is 27.8 Å². The fourth-order valence-corrected chi connectivity index (χ4v) is 6.07. The fraction of sp³-hybridized carbons (Fsp3) is 0.200. The Kier molecular flexibility index (Phi) is 12.4. The lowest BCUT2D eigenvalue weighted by Gasteiger charge is -2.22. The van der Waals surface area contributed by atoms with Crippen molar-refractivity contribution < 1.29 is 32.2 Å². The normalized spacial score (nSPS) is 11.4. The van der Waals surface area contributed by atoms with Gasteiger partial charge in [-0.2, -0.15) is 0 Å². The average molecular weight is 742 g/mol. The summed E-state index contributed by atoms with van der Waals surface area (Å²) in [7, 11) is 0. The molecule has 0 aliphatic heterocycles. The van der Waals surface area contributed by atoms with Gasteiger partial charge in [0.1, 0.15) is 53.2 Å². The molecule has 0 saturated carbocycles. The van der Waals surface area contributed by atoms with Crippen molar-refractivity contribution in [2.24, 2.45) is 0 Å². The van der Waals surface area contributed by atoms with Gasteiger partial charge in [-0.25, -0.2) is 4.39 Å². The highest BCUT2D eigenvalue weighted by Gasteiger charge is 2.10. The Bertz CT molecular complexity index is 2280. The second kappa shape index (κ2) is 18.3. The van der Waals surface area contributed by atoms with Crippen LogP contribution in [0.1, 0.15) is 5.56 Å². The van der Waals surface area contributed by atoms with Crippen LogP contribution in [-0.2, 0) is 16.0 Å². The molecule has 280 valence electrons. The minimum atomic E-state index is -0.271. The molecule has 0 saturated heterocycles. The molecule has 2 aromatic heterocycles. The molecule has 0 spiro atoms. The predicted octanol–water partition coefficient (Wildman–Crippen LogP) is 8.37. The number of hydrogen-bond donors (Lipinski definition) is 0. The van der Waals surface area contributed by atoms with E-state index in [0.717, 1.165) is 16.7 Å². The van der Waals surface area contributed by atoms with Crippen molar-refractivity contribution in [2.45, 2.75) is 6.54 Å². The molecule has 5 aromatic carbocycles. The lowest BCUT2D eigenvalue weighted by molar-refractivity contribution is 0.0534. The molecule has 10 heteroatoms.